The van der Waals surface area contributed by atoms with E-state index in [1.807, 2.05) is 18.2 Å². The molecule has 0 bridgehead atoms. The van der Waals surface area contributed by atoms with Crippen molar-refractivity contribution in [1.29, 1.82) is 0 Å². The summed E-state index contributed by atoms with van der Waals surface area (Å²) in [7, 11) is 0. The predicted molar refractivity (Wildman–Crippen MR) is 112 cm³/mol. The van der Waals surface area contributed by atoms with Gasteiger partial charge in [-0.3, -0.25) is 14.5 Å². The molecule has 2 aromatic rings. The Labute approximate surface area is 167 Å². The van der Waals surface area contributed by atoms with Crippen molar-refractivity contribution >= 4 is 11.8 Å². The molecule has 2 aromatic carbocycles. The van der Waals surface area contributed by atoms with Crippen LogP contribution in [-0.2, 0) is 16.1 Å². The average Bonchev–Trinajstić information content (AvgIpc) is 2.70. The van der Waals surface area contributed by atoms with Crippen LogP contribution < -0.4 is 10.6 Å². The van der Waals surface area contributed by atoms with E-state index in [2.05, 4.69) is 65.8 Å². The molecule has 5 heteroatoms. The summed E-state index contributed by atoms with van der Waals surface area (Å²) in [5.41, 5.74) is 3.50. The summed E-state index contributed by atoms with van der Waals surface area (Å²) < 4.78 is 0. The van der Waals surface area contributed by atoms with Crippen LogP contribution in [0.2, 0.25) is 0 Å². The van der Waals surface area contributed by atoms with Gasteiger partial charge >= 0.3 is 0 Å². The lowest BCUT2D eigenvalue weighted by atomic mass is 10.0. The van der Waals surface area contributed by atoms with Crippen LogP contribution in [0.25, 0.3) is 11.1 Å². The summed E-state index contributed by atoms with van der Waals surface area (Å²) in [6.45, 7) is 6.76. The van der Waals surface area contributed by atoms with Gasteiger partial charge in [0, 0.05) is 26.2 Å². The van der Waals surface area contributed by atoms with Gasteiger partial charge in [-0.2, -0.15) is 0 Å². The van der Waals surface area contributed by atoms with Crippen molar-refractivity contribution in [1.82, 2.24) is 15.5 Å². The molecule has 1 saturated heterocycles. The summed E-state index contributed by atoms with van der Waals surface area (Å²) in [5.74, 6) is 0.260. The molecule has 1 heterocycles. The van der Waals surface area contributed by atoms with Crippen LogP contribution in [0.5, 0.6) is 0 Å². The van der Waals surface area contributed by atoms with Gasteiger partial charge in [0.25, 0.3) is 0 Å². The highest BCUT2D eigenvalue weighted by Gasteiger charge is 2.31. The molecule has 0 unspecified atom stereocenters. The van der Waals surface area contributed by atoms with E-state index in [-0.39, 0.29) is 18.2 Å². The second-order valence-electron chi connectivity index (χ2n) is 7.74. The first kappa shape index (κ1) is 20.1. The van der Waals surface area contributed by atoms with Crippen molar-refractivity contribution in [2.45, 2.75) is 32.9 Å². The van der Waals surface area contributed by atoms with Crippen LogP contribution in [0.4, 0.5) is 0 Å². The third-order valence-electron chi connectivity index (χ3n) is 4.97. The number of nitrogens with one attached hydrogen (secondary N) is 2. The number of benzene rings is 2. The first-order valence-corrected chi connectivity index (χ1v) is 9.96. The molecule has 0 saturated carbocycles. The second kappa shape index (κ2) is 9.51. The van der Waals surface area contributed by atoms with Gasteiger partial charge in [-0.25, -0.2) is 0 Å². The fraction of sp³-hybridized carbons (Fsp3) is 0.391. The molecule has 148 valence electrons. The normalized spacial score (nSPS) is 17.4. The van der Waals surface area contributed by atoms with E-state index in [9.17, 15) is 9.59 Å². The Hall–Kier alpha value is -2.66. The molecule has 0 aromatic heterocycles. The zero-order valence-corrected chi connectivity index (χ0v) is 16.7. The maximum Gasteiger partial charge on any atom is 0.237 e. The number of rotatable bonds is 7. The second-order valence-corrected chi connectivity index (χ2v) is 7.74. The minimum absolute atomic E-state index is 0.0631. The summed E-state index contributed by atoms with van der Waals surface area (Å²) in [6, 6.07) is 18.3. The standard InChI is InChI=1S/C23H29N3O2/c1-17(2)15-25-22(27)14-21-23(28)24-12-13-26(21)16-18-8-10-20(11-9-18)19-6-4-3-5-7-19/h3-11,17,21H,12-16H2,1-2H3,(H,24,28)(H,25,27)/t21-/m1/s1. The van der Waals surface area contributed by atoms with Crippen LogP contribution in [0.1, 0.15) is 25.8 Å². The Morgan fingerprint density at radius 1 is 1.11 bits per heavy atom. The predicted octanol–water partition coefficient (Wildman–Crippen LogP) is 2.82. The molecule has 28 heavy (non-hydrogen) atoms. The van der Waals surface area contributed by atoms with Gasteiger partial charge in [0.1, 0.15) is 0 Å². The van der Waals surface area contributed by atoms with E-state index in [0.717, 1.165) is 12.1 Å². The van der Waals surface area contributed by atoms with Gasteiger partial charge in [-0.1, -0.05) is 68.4 Å². The largest absolute Gasteiger partial charge is 0.356 e. The van der Waals surface area contributed by atoms with E-state index in [4.69, 9.17) is 0 Å². The quantitative estimate of drug-likeness (QED) is 0.778. The van der Waals surface area contributed by atoms with Crippen LogP contribution in [0, 0.1) is 5.92 Å². The Kier molecular flexibility index (Phi) is 6.82. The van der Waals surface area contributed by atoms with Crippen molar-refractivity contribution in [2.24, 2.45) is 5.92 Å². The smallest absolute Gasteiger partial charge is 0.237 e. The highest BCUT2D eigenvalue weighted by atomic mass is 16.2. The van der Waals surface area contributed by atoms with E-state index in [0.29, 0.717) is 25.6 Å². The monoisotopic (exact) mass is 379 g/mol. The highest BCUT2D eigenvalue weighted by molar-refractivity contribution is 5.88. The number of nitrogens with zero attached hydrogens (tertiary/aromatic N) is 1. The molecule has 5 nitrogen and oxygen atoms in total. The molecule has 1 aliphatic rings. The summed E-state index contributed by atoms with van der Waals surface area (Å²) in [6.07, 6.45) is 0.195. The number of hydrogen-bond donors (Lipinski definition) is 2. The molecule has 0 aliphatic carbocycles. The third kappa shape index (κ3) is 5.42. The van der Waals surface area contributed by atoms with Crippen molar-refractivity contribution in [2.75, 3.05) is 19.6 Å². The first-order chi connectivity index (χ1) is 13.5. The molecule has 1 fully saturated rings. The van der Waals surface area contributed by atoms with Crippen LogP contribution in [0.15, 0.2) is 54.6 Å². The third-order valence-corrected chi connectivity index (χ3v) is 4.97. The van der Waals surface area contributed by atoms with Crippen LogP contribution in [-0.4, -0.2) is 42.4 Å². The van der Waals surface area contributed by atoms with Crippen molar-refractivity contribution in [3.05, 3.63) is 60.2 Å². The van der Waals surface area contributed by atoms with Gasteiger partial charge in [-0.05, 0) is 22.6 Å². The summed E-state index contributed by atoms with van der Waals surface area (Å²) in [4.78, 5) is 26.7. The molecule has 0 radical (unpaired) electrons. The molecular formula is C23H29N3O2. The Bertz CT molecular complexity index is 787. The lowest BCUT2D eigenvalue weighted by molar-refractivity contribution is -0.134. The van der Waals surface area contributed by atoms with Gasteiger partial charge in [0.15, 0.2) is 0 Å². The minimum atomic E-state index is -0.422. The Morgan fingerprint density at radius 2 is 1.79 bits per heavy atom. The zero-order valence-electron chi connectivity index (χ0n) is 16.7. The Balaban J connectivity index is 1.65. The number of carbonyl (C=O) groups is 2. The molecule has 2 N–H and O–H groups in total. The average molecular weight is 380 g/mol. The molecule has 1 atom stereocenters. The maximum absolute atomic E-state index is 12.4. The maximum atomic E-state index is 12.4. The van der Waals surface area contributed by atoms with Crippen molar-refractivity contribution in [3.8, 4) is 11.1 Å². The first-order valence-electron chi connectivity index (χ1n) is 9.96. The molecule has 0 spiro atoms. The van der Waals surface area contributed by atoms with E-state index in [1.54, 1.807) is 0 Å². The number of carbonyl (C=O) groups excluding carboxylic acids is 2. The lowest BCUT2D eigenvalue weighted by Gasteiger charge is -2.34. The fourth-order valence-corrected chi connectivity index (χ4v) is 3.41. The van der Waals surface area contributed by atoms with E-state index >= 15 is 0 Å². The van der Waals surface area contributed by atoms with Crippen LogP contribution >= 0.6 is 0 Å². The zero-order chi connectivity index (χ0) is 19.9. The van der Waals surface area contributed by atoms with Crippen molar-refractivity contribution in [3.63, 3.8) is 0 Å². The summed E-state index contributed by atoms with van der Waals surface area (Å²) in [5, 5.41) is 5.80. The number of piperazine rings is 1. The van der Waals surface area contributed by atoms with Crippen molar-refractivity contribution < 1.29 is 9.59 Å². The fourth-order valence-electron chi connectivity index (χ4n) is 3.41. The SMILES string of the molecule is CC(C)CNC(=O)C[C@@H]1C(=O)NCCN1Cc1ccc(-c2ccccc2)cc1. The van der Waals surface area contributed by atoms with Gasteiger partial charge in [0.2, 0.25) is 11.8 Å². The van der Waals surface area contributed by atoms with E-state index < -0.39 is 6.04 Å². The molecular weight excluding hydrogens is 350 g/mol. The van der Waals surface area contributed by atoms with E-state index in [1.165, 1.54) is 11.1 Å². The number of amides is 2. The Morgan fingerprint density at radius 3 is 2.46 bits per heavy atom. The number of hydrogen-bond acceptors (Lipinski definition) is 3. The minimum Gasteiger partial charge on any atom is -0.356 e. The van der Waals surface area contributed by atoms with Gasteiger partial charge < -0.3 is 10.6 Å². The topological polar surface area (TPSA) is 61.4 Å². The van der Waals surface area contributed by atoms with Gasteiger partial charge in [-0.15, -0.1) is 0 Å². The molecule has 2 amide bonds. The molecule has 1 aliphatic heterocycles. The van der Waals surface area contributed by atoms with Gasteiger partial charge in [0.05, 0.1) is 12.5 Å². The molecule has 3 rings (SSSR count). The highest BCUT2D eigenvalue weighted by Crippen LogP contribution is 2.21. The lowest BCUT2D eigenvalue weighted by Crippen LogP contribution is -2.56. The summed E-state index contributed by atoms with van der Waals surface area (Å²) >= 11 is 0. The van der Waals surface area contributed by atoms with Crippen LogP contribution in [0.3, 0.4) is 0 Å².